The fourth-order valence-corrected chi connectivity index (χ4v) is 4.59. The molecule has 1 N–H and O–H groups in total. The standard InChI is InChI=1S/C23H27NO5S/c1-4-28-22(26)18-15(3)19(23(27)29-17-8-6-5-7-9-17)30-21(18)24-20(25)16-12-10-14(2)11-13-16/h10-13,17H,4-9H2,1-3H3,(H,24,25). The van der Waals surface area contributed by atoms with E-state index in [0.717, 1.165) is 49.0 Å². The van der Waals surface area contributed by atoms with E-state index in [0.29, 0.717) is 21.0 Å². The molecule has 7 heteroatoms. The SMILES string of the molecule is CCOC(=O)c1c(NC(=O)c2ccc(C)cc2)sc(C(=O)OC2CCCCC2)c1C. The molecule has 0 saturated heterocycles. The Morgan fingerprint density at radius 1 is 1.03 bits per heavy atom. The van der Waals surface area contributed by atoms with Gasteiger partial charge in [-0.25, -0.2) is 9.59 Å². The number of carbonyl (C=O) groups excluding carboxylic acids is 3. The van der Waals surface area contributed by atoms with Crippen LogP contribution in [0, 0.1) is 13.8 Å². The Bertz CT molecular complexity index is 926. The summed E-state index contributed by atoms with van der Waals surface area (Å²) in [6, 6.07) is 7.11. The molecule has 2 aromatic rings. The molecule has 0 atom stereocenters. The van der Waals surface area contributed by atoms with E-state index in [2.05, 4.69) is 5.32 Å². The average Bonchev–Trinajstić information content (AvgIpc) is 3.05. The van der Waals surface area contributed by atoms with E-state index in [1.165, 1.54) is 0 Å². The highest BCUT2D eigenvalue weighted by Crippen LogP contribution is 2.35. The average molecular weight is 430 g/mol. The van der Waals surface area contributed by atoms with Gasteiger partial charge in [0.25, 0.3) is 5.91 Å². The van der Waals surface area contributed by atoms with E-state index in [9.17, 15) is 14.4 Å². The van der Waals surface area contributed by atoms with Crippen molar-refractivity contribution in [1.82, 2.24) is 0 Å². The van der Waals surface area contributed by atoms with Crippen LogP contribution in [0.15, 0.2) is 24.3 Å². The van der Waals surface area contributed by atoms with Gasteiger partial charge in [-0.15, -0.1) is 11.3 Å². The van der Waals surface area contributed by atoms with Crippen LogP contribution in [0.25, 0.3) is 0 Å². The molecule has 160 valence electrons. The van der Waals surface area contributed by atoms with Crippen molar-refractivity contribution in [2.24, 2.45) is 0 Å². The summed E-state index contributed by atoms with van der Waals surface area (Å²) < 4.78 is 10.8. The van der Waals surface area contributed by atoms with E-state index >= 15 is 0 Å². The Hall–Kier alpha value is -2.67. The van der Waals surface area contributed by atoms with Crippen LogP contribution >= 0.6 is 11.3 Å². The van der Waals surface area contributed by atoms with Gasteiger partial charge in [0.15, 0.2) is 0 Å². The molecule has 1 amide bonds. The molecule has 0 radical (unpaired) electrons. The molecule has 1 saturated carbocycles. The number of rotatable bonds is 6. The van der Waals surface area contributed by atoms with Gasteiger partial charge in [-0.3, -0.25) is 4.79 Å². The summed E-state index contributed by atoms with van der Waals surface area (Å²) in [4.78, 5) is 38.4. The van der Waals surface area contributed by atoms with E-state index in [4.69, 9.17) is 9.47 Å². The predicted molar refractivity (Wildman–Crippen MR) is 116 cm³/mol. The Morgan fingerprint density at radius 3 is 2.33 bits per heavy atom. The second kappa shape index (κ2) is 9.89. The number of aryl methyl sites for hydroxylation is 1. The van der Waals surface area contributed by atoms with E-state index < -0.39 is 11.9 Å². The molecular weight excluding hydrogens is 402 g/mol. The highest BCUT2D eigenvalue weighted by Gasteiger charge is 2.29. The molecule has 0 aliphatic heterocycles. The molecule has 0 unspecified atom stereocenters. The largest absolute Gasteiger partial charge is 0.462 e. The zero-order valence-corrected chi connectivity index (χ0v) is 18.4. The number of hydrogen-bond acceptors (Lipinski definition) is 6. The Labute approximate surface area is 180 Å². The molecule has 1 aromatic heterocycles. The number of esters is 2. The molecule has 0 spiro atoms. The Morgan fingerprint density at radius 2 is 1.70 bits per heavy atom. The van der Waals surface area contributed by atoms with Crippen LogP contribution in [0.2, 0.25) is 0 Å². The van der Waals surface area contributed by atoms with Gasteiger partial charge in [0, 0.05) is 5.56 Å². The first-order valence-electron chi connectivity index (χ1n) is 10.3. The van der Waals surface area contributed by atoms with Crippen LogP contribution < -0.4 is 5.32 Å². The van der Waals surface area contributed by atoms with Crippen LogP contribution in [0.4, 0.5) is 5.00 Å². The van der Waals surface area contributed by atoms with Crippen molar-refractivity contribution in [3.63, 3.8) is 0 Å². The maximum absolute atomic E-state index is 12.8. The van der Waals surface area contributed by atoms with Gasteiger partial charge in [0.05, 0.1) is 12.2 Å². The van der Waals surface area contributed by atoms with Gasteiger partial charge in [-0.2, -0.15) is 0 Å². The second-order valence-corrected chi connectivity index (χ2v) is 8.49. The van der Waals surface area contributed by atoms with Gasteiger partial charge in [-0.1, -0.05) is 24.1 Å². The number of hydrogen-bond donors (Lipinski definition) is 1. The molecule has 1 aliphatic rings. The first-order chi connectivity index (χ1) is 14.4. The predicted octanol–water partition coefficient (Wildman–Crippen LogP) is 5.28. The quantitative estimate of drug-likeness (QED) is 0.632. The van der Waals surface area contributed by atoms with Crippen molar-refractivity contribution < 1.29 is 23.9 Å². The molecule has 6 nitrogen and oxygen atoms in total. The summed E-state index contributed by atoms with van der Waals surface area (Å²) in [5, 5.41) is 3.07. The minimum absolute atomic E-state index is 0.0932. The molecular formula is C23H27NO5S. The van der Waals surface area contributed by atoms with Gasteiger partial charge < -0.3 is 14.8 Å². The lowest BCUT2D eigenvalue weighted by molar-refractivity contribution is 0.0216. The van der Waals surface area contributed by atoms with Crippen molar-refractivity contribution in [1.29, 1.82) is 0 Å². The number of anilines is 1. The number of benzene rings is 1. The zero-order chi connectivity index (χ0) is 21.7. The summed E-state index contributed by atoms with van der Waals surface area (Å²) in [7, 11) is 0. The highest BCUT2D eigenvalue weighted by atomic mass is 32.1. The third-order valence-electron chi connectivity index (χ3n) is 5.18. The fraction of sp³-hybridized carbons (Fsp3) is 0.435. The van der Waals surface area contributed by atoms with Crippen LogP contribution in [0.1, 0.15) is 80.5 Å². The van der Waals surface area contributed by atoms with Gasteiger partial charge >= 0.3 is 11.9 Å². The summed E-state index contributed by atoms with van der Waals surface area (Å²) in [5.41, 5.74) is 2.18. The van der Waals surface area contributed by atoms with Crippen LogP contribution in [-0.4, -0.2) is 30.6 Å². The molecule has 0 bridgehead atoms. The van der Waals surface area contributed by atoms with Crippen molar-refractivity contribution in [3.05, 3.63) is 51.4 Å². The lowest BCUT2D eigenvalue weighted by atomic mass is 9.98. The number of nitrogens with one attached hydrogen (secondary N) is 1. The number of carbonyl (C=O) groups is 3. The third kappa shape index (κ3) is 5.08. The highest BCUT2D eigenvalue weighted by molar-refractivity contribution is 7.18. The molecule has 1 heterocycles. The first-order valence-corrected chi connectivity index (χ1v) is 11.1. The first kappa shape index (κ1) is 22.0. The van der Waals surface area contributed by atoms with Crippen molar-refractivity contribution in [3.8, 4) is 0 Å². The smallest absolute Gasteiger partial charge is 0.348 e. The fourth-order valence-electron chi connectivity index (χ4n) is 3.51. The molecule has 1 aromatic carbocycles. The molecule has 3 rings (SSSR count). The van der Waals surface area contributed by atoms with Gasteiger partial charge in [0.1, 0.15) is 16.0 Å². The van der Waals surface area contributed by atoms with Crippen molar-refractivity contribution in [2.75, 3.05) is 11.9 Å². The number of ether oxygens (including phenoxy) is 2. The second-order valence-electron chi connectivity index (χ2n) is 7.47. The monoisotopic (exact) mass is 429 g/mol. The molecule has 30 heavy (non-hydrogen) atoms. The minimum atomic E-state index is -0.567. The maximum Gasteiger partial charge on any atom is 0.348 e. The normalized spacial score (nSPS) is 14.2. The molecule has 1 aliphatic carbocycles. The van der Waals surface area contributed by atoms with Crippen LogP contribution in [0.3, 0.4) is 0 Å². The van der Waals surface area contributed by atoms with Crippen LogP contribution in [-0.2, 0) is 9.47 Å². The lowest BCUT2D eigenvalue weighted by Crippen LogP contribution is -2.21. The molecule has 1 fully saturated rings. The van der Waals surface area contributed by atoms with Crippen LogP contribution in [0.5, 0.6) is 0 Å². The lowest BCUT2D eigenvalue weighted by Gasteiger charge is -2.21. The van der Waals surface area contributed by atoms with E-state index in [-0.39, 0.29) is 24.2 Å². The third-order valence-corrected chi connectivity index (χ3v) is 6.37. The maximum atomic E-state index is 12.8. The zero-order valence-electron chi connectivity index (χ0n) is 17.6. The van der Waals surface area contributed by atoms with Crippen molar-refractivity contribution >= 4 is 34.2 Å². The minimum Gasteiger partial charge on any atom is -0.462 e. The summed E-state index contributed by atoms with van der Waals surface area (Å²) in [5.74, 6) is -1.37. The van der Waals surface area contributed by atoms with Crippen molar-refractivity contribution in [2.45, 2.75) is 59.0 Å². The number of thiophene rings is 1. The topological polar surface area (TPSA) is 81.7 Å². The summed E-state index contributed by atoms with van der Waals surface area (Å²) >= 11 is 1.06. The van der Waals surface area contributed by atoms with E-state index in [1.54, 1.807) is 26.0 Å². The summed E-state index contributed by atoms with van der Waals surface area (Å²) in [6.45, 7) is 5.53. The van der Waals surface area contributed by atoms with E-state index in [1.807, 2.05) is 19.1 Å². The number of amides is 1. The Kier molecular flexibility index (Phi) is 7.26. The summed E-state index contributed by atoms with van der Waals surface area (Å²) in [6.07, 6.45) is 4.88. The van der Waals surface area contributed by atoms with Gasteiger partial charge in [0.2, 0.25) is 0 Å². The van der Waals surface area contributed by atoms with Gasteiger partial charge in [-0.05, 0) is 64.2 Å². The Balaban J connectivity index is 1.87.